The second kappa shape index (κ2) is 5.98. The highest BCUT2D eigenvalue weighted by Gasteiger charge is 2.15. The average Bonchev–Trinajstić information content (AvgIpc) is 2.16. The van der Waals surface area contributed by atoms with E-state index in [1.165, 1.54) is 12.8 Å². The average molecular weight is 200 g/mol. The minimum Gasteiger partial charge on any atom is -0.481 e. The van der Waals surface area contributed by atoms with Crippen LogP contribution < -0.4 is 5.32 Å². The molecule has 1 fully saturated rings. The molecule has 0 aromatic heterocycles. The van der Waals surface area contributed by atoms with Crippen LogP contribution in [0, 0.1) is 5.92 Å². The molecule has 1 aliphatic heterocycles. The number of hydrogen-bond donors (Lipinski definition) is 2. The van der Waals surface area contributed by atoms with Gasteiger partial charge in [-0.15, -0.1) is 0 Å². The summed E-state index contributed by atoms with van der Waals surface area (Å²) in [4.78, 5) is 12.5. The van der Waals surface area contributed by atoms with Crippen molar-refractivity contribution in [2.24, 2.45) is 5.92 Å². The van der Waals surface area contributed by atoms with Crippen LogP contribution in [0.3, 0.4) is 0 Å². The van der Waals surface area contributed by atoms with Crippen molar-refractivity contribution in [1.29, 1.82) is 0 Å². The van der Waals surface area contributed by atoms with E-state index in [1.807, 2.05) is 7.05 Å². The molecule has 0 unspecified atom stereocenters. The topological polar surface area (TPSA) is 52.6 Å². The number of rotatable bonds is 5. The number of piperidine rings is 1. The third-order valence-electron chi connectivity index (χ3n) is 2.74. The SMILES string of the molecule is CN(CCC(=O)O)CC1CCNCC1. The first kappa shape index (κ1) is 11.5. The van der Waals surface area contributed by atoms with Gasteiger partial charge in [-0.3, -0.25) is 4.79 Å². The van der Waals surface area contributed by atoms with E-state index in [2.05, 4.69) is 10.2 Å². The lowest BCUT2D eigenvalue weighted by molar-refractivity contribution is -0.137. The molecule has 0 bridgehead atoms. The lowest BCUT2D eigenvalue weighted by Gasteiger charge is -2.27. The van der Waals surface area contributed by atoms with Crippen molar-refractivity contribution in [3.8, 4) is 0 Å². The number of nitrogens with one attached hydrogen (secondary N) is 1. The summed E-state index contributed by atoms with van der Waals surface area (Å²) in [6, 6.07) is 0. The van der Waals surface area contributed by atoms with Crippen LogP contribution in [0.5, 0.6) is 0 Å². The van der Waals surface area contributed by atoms with Crippen LogP contribution in [0.25, 0.3) is 0 Å². The van der Waals surface area contributed by atoms with E-state index in [-0.39, 0.29) is 6.42 Å². The Bertz CT molecular complexity index is 179. The van der Waals surface area contributed by atoms with E-state index in [1.54, 1.807) is 0 Å². The zero-order valence-corrected chi connectivity index (χ0v) is 8.83. The molecular formula is C10H20N2O2. The smallest absolute Gasteiger partial charge is 0.304 e. The summed E-state index contributed by atoms with van der Waals surface area (Å²) < 4.78 is 0. The molecular weight excluding hydrogens is 180 g/mol. The van der Waals surface area contributed by atoms with Crippen LogP contribution in [0.15, 0.2) is 0 Å². The Kier molecular flexibility index (Phi) is 4.90. The van der Waals surface area contributed by atoms with Crippen LogP contribution in [0.4, 0.5) is 0 Å². The third-order valence-corrected chi connectivity index (χ3v) is 2.74. The summed E-state index contributed by atoms with van der Waals surface area (Å²) in [5.41, 5.74) is 0. The van der Waals surface area contributed by atoms with Crippen LogP contribution in [0.1, 0.15) is 19.3 Å². The number of carbonyl (C=O) groups is 1. The minimum absolute atomic E-state index is 0.251. The molecule has 0 saturated carbocycles. The van der Waals surface area contributed by atoms with Gasteiger partial charge in [-0.2, -0.15) is 0 Å². The normalized spacial score (nSPS) is 18.7. The van der Waals surface area contributed by atoms with Gasteiger partial charge >= 0.3 is 5.97 Å². The molecule has 0 aliphatic carbocycles. The van der Waals surface area contributed by atoms with Gasteiger partial charge in [0, 0.05) is 13.1 Å². The van der Waals surface area contributed by atoms with Gasteiger partial charge in [0.25, 0.3) is 0 Å². The molecule has 14 heavy (non-hydrogen) atoms. The number of hydrogen-bond acceptors (Lipinski definition) is 3. The molecule has 1 saturated heterocycles. The molecule has 0 atom stereocenters. The van der Waals surface area contributed by atoms with Crippen molar-refractivity contribution in [1.82, 2.24) is 10.2 Å². The Hall–Kier alpha value is -0.610. The Labute approximate surface area is 85.3 Å². The zero-order valence-electron chi connectivity index (χ0n) is 8.83. The summed E-state index contributed by atoms with van der Waals surface area (Å²) >= 11 is 0. The molecule has 0 amide bonds. The number of aliphatic carboxylic acids is 1. The molecule has 4 heteroatoms. The Morgan fingerprint density at radius 1 is 1.50 bits per heavy atom. The fourth-order valence-corrected chi connectivity index (χ4v) is 1.88. The van der Waals surface area contributed by atoms with Crippen molar-refractivity contribution in [2.45, 2.75) is 19.3 Å². The van der Waals surface area contributed by atoms with Gasteiger partial charge in [0.05, 0.1) is 6.42 Å². The molecule has 1 aliphatic rings. The molecule has 0 radical (unpaired) electrons. The molecule has 0 aromatic rings. The predicted octanol–water partition coefficient (Wildman–Crippen LogP) is 0.393. The summed E-state index contributed by atoms with van der Waals surface area (Å²) in [7, 11) is 2.00. The summed E-state index contributed by atoms with van der Waals surface area (Å²) in [6.07, 6.45) is 2.69. The van der Waals surface area contributed by atoms with E-state index in [4.69, 9.17) is 5.11 Å². The third kappa shape index (κ3) is 4.58. The standard InChI is InChI=1S/C10H20N2O2/c1-12(7-4-10(13)14)8-9-2-5-11-6-3-9/h9,11H,2-8H2,1H3,(H,13,14). The van der Waals surface area contributed by atoms with Gasteiger partial charge < -0.3 is 15.3 Å². The highest BCUT2D eigenvalue weighted by atomic mass is 16.4. The maximum atomic E-state index is 10.4. The van der Waals surface area contributed by atoms with E-state index in [9.17, 15) is 4.79 Å². The highest BCUT2D eigenvalue weighted by molar-refractivity contribution is 5.66. The summed E-state index contributed by atoms with van der Waals surface area (Å²) in [5, 5.41) is 11.9. The molecule has 82 valence electrons. The Morgan fingerprint density at radius 2 is 2.14 bits per heavy atom. The molecule has 0 spiro atoms. The van der Waals surface area contributed by atoms with Gasteiger partial charge in [0.15, 0.2) is 0 Å². The van der Waals surface area contributed by atoms with Crippen molar-refractivity contribution in [2.75, 3.05) is 33.2 Å². The first-order chi connectivity index (χ1) is 6.68. The summed E-state index contributed by atoms with van der Waals surface area (Å²) in [5.74, 6) is 0.0391. The number of carboxylic acid groups (broad SMARTS) is 1. The maximum Gasteiger partial charge on any atom is 0.304 e. The largest absolute Gasteiger partial charge is 0.481 e. The van der Waals surface area contributed by atoms with Gasteiger partial charge in [-0.25, -0.2) is 0 Å². The van der Waals surface area contributed by atoms with Gasteiger partial charge in [-0.1, -0.05) is 0 Å². The van der Waals surface area contributed by atoms with E-state index >= 15 is 0 Å². The van der Waals surface area contributed by atoms with Gasteiger partial charge in [0.2, 0.25) is 0 Å². The Morgan fingerprint density at radius 3 is 2.71 bits per heavy atom. The summed E-state index contributed by atoms with van der Waals surface area (Å²) in [6.45, 7) is 3.92. The second-order valence-corrected chi connectivity index (χ2v) is 4.10. The monoisotopic (exact) mass is 200 g/mol. The van der Waals surface area contributed by atoms with E-state index in [0.717, 1.165) is 25.6 Å². The highest BCUT2D eigenvalue weighted by Crippen LogP contribution is 2.12. The van der Waals surface area contributed by atoms with Crippen LogP contribution >= 0.6 is 0 Å². The molecule has 0 aromatic carbocycles. The molecule has 1 rings (SSSR count). The fraction of sp³-hybridized carbons (Fsp3) is 0.900. The van der Waals surface area contributed by atoms with Crippen molar-refractivity contribution in [3.05, 3.63) is 0 Å². The van der Waals surface area contributed by atoms with E-state index in [0.29, 0.717) is 6.54 Å². The molecule has 1 heterocycles. The van der Waals surface area contributed by atoms with Crippen LogP contribution in [-0.4, -0.2) is 49.2 Å². The number of nitrogens with zero attached hydrogens (tertiary/aromatic N) is 1. The van der Waals surface area contributed by atoms with Crippen molar-refractivity contribution < 1.29 is 9.90 Å². The molecule has 2 N–H and O–H groups in total. The quantitative estimate of drug-likeness (QED) is 0.674. The van der Waals surface area contributed by atoms with Crippen LogP contribution in [0.2, 0.25) is 0 Å². The second-order valence-electron chi connectivity index (χ2n) is 4.10. The van der Waals surface area contributed by atoms with Crippen molar-refractivity contribution in [3.63, 3.8) is 0 Å². The first-order valence-corrected chi connectivity index (χ1v) is 5.29. The van der Waals surface area contributed by atoms with Crippen molar-refractivity contribution >= 4 is 5.97 Å². The van der Waals surface area contributed by atoms with Crippen LogP contribution in [-0.2, 0) is 4.79 Å². The van der Waals surface area contributed by atoms with Gasteiger partial charge in [-0.05, 0) is 38.9 Å². The Balaban J connectivity index is 2.11. The first-order valence-electron chi connectivity index (χ1n) is 5.29. The van der Waals surface area contributed by atoms with Gasteiger partial charge in [0.1, 0.15) is 0 Å². The molecule has 4 nitrogen and oxygen atoms in total. The zero-order chi connectivity index (χ0) is 10.4. The number of carboxylic acids is 1. The predicted molar refractivity (Wildman–Crippen MR) is 55.3 cm³/mol. The fourth-order valence-electron chi connectivity index (χ4n) is 1.88. The maximum absolute atomic E-state index is 10.4. The van der Waals surface area contributed by atoms with E-state index < -0.39 is 5.97 Å². The lowest BCUT2D eigenvalue weighted by Crippen LogP contribution is -2.35. The minimum atomic E-state index is -0.706. The lowest BCUT2D eigenvalue weighted by atomic mass is 9.98.